The summed E-state index contributed by atoms with van der Waals surface area (Å²) < 4.78 is 4.88. The summed E-state index contributed by atoms with van der Waals surface area (Å²) in [6.07, 6.45) is 2.21. The molecular formula is C17H21NO2. The molecule has 0 spiro atoms. The number of benzene rings is 1. The molecule has 106 valence electrons. The lowest BCUT2D eigenvalue weighted by Gasteiger charge is -2.30. The summed E-state index contributed by atoms with van der Waals surface area (Å²) in [6.45, 7) is 4.41. The highest BCUT2D eigenvalue weighted by Gasteiger charge is 2.21. The van der Waals surface area contributed by atoms with Crippen LogP contribution in [0.15, 0.2) is 24.3 Å². The molecule has 1 amide bonds. The van der Waals surface area contributed by atoms with Gasteiger partial charge in [-0.2, -0.15) is 0 Å². The topological polar surface area (TPSA) is 29.5 Å². The SMILES string of the molecule is COCC#Cc1ccc(C(=O)N2CCC(C)CC2)cc1. The number of carbonyl (C=O) groups is 1. The van der Waals surface area contributed by atoms with Gasteiger partial charge in [0.2, 0.25) is 0 Å². The Morgan fingerprint density at radius 1 is 1.30 bits per heavy atom. The molecule has 2 rings (SSSR count). The fourth-order valence-corrected chi connectivity index (χ4v) is 2.30. The van der Waals surface area contributed by atoms with Gasteiger partial charge in [0.1, 0.15) is 6.61 Å². The van der Waals surface area contributed by atoms with E-state index in [2.05, 4.69) is 18.8 Å². The van der Waals surface area contributed by atoms with Gasteiger partial charge in [0.25, 0.3) is 5.91 Å². The highest BCUT2D eigenvalue weighted by molar-refractivity contribution is 5.94. The Balaban J connectivity index is 1.99. The number of ether oxygens (including phenoxy) is 1. The minimum Gasteiger partial charge on any atom is -0.372 e. The van der Waals surface area contributed by atoms with E-state index in [0.717, 1.165) is 43.0 Å². The first-order chi connectivity index (χ1) is 9.70. The summed E-state index contributed by atoms with van der Waals surface area (Å²) in [4.78, 5) is 14.3. The Labute approximate surface area is 120 Å². The van der Waals surface area contributed by atoms with Gasteiger partial charge < -0.3 is 9.64 Å². The highest BCUT2D eigenvalue weighted by atomic mass is 16.5. The van der Waals surface area contributed by atoms with Crippen LogP contribution < -0.4 is 0 Å². The first-order valence-electron chi connectivity index (χ1n) is 7.08. The second kappa shape index (κ2) is 7.12. The maximum absolute atomic E-state index is 12.3. The van der Waals surface area contributed by atoms with E-state index in [1.165, 1.54) is 0 Å². The maximum Gasteiger partial charge on any atom is 0.253 e. The molecule has 1 aliphatic rings. The molecule has 0 aliphatic carbocycles. The van der Waals surface area contributed by atoms with E-state index in [0.29, 0.717) is 6.61 Å². The first-order valence-corrected chi connectivity index (χ1v) is 7.08. The second-order valence-corrected chi connectivity index (χ2v) is 5.29. The summed E-state index contributed by atoms with van der Waals surface area (Å²) in [6, 6.07) is 7.50. The molecule has 3 heteroatoms. The van der Waals surface area contributed by atoms with Crippen molar-refractivity contribution in [2.75, 3.05) is 26.8 Å². The number of nitrogens with zero attached hydrogens (tertiary/aromatic N) is 1. The van der Waals surface area contributed by atoms with Crippen LogP contribution in [0.4, 0.5) is 0 Å². The molecule has 0 aromatic heterocycles. The van der Waals surface area contributed by atoms with E-state index < -0.39 is 0 Å². The average molecular weight is 271 g/mol. The molecule has 0 unspecified atom stereocenters. The van der Waals surface area contributed by atoms with Gasteiger partial charge >= 0.3 is 0 Å². The monoisotopic (exact) mass is 271 g/mol. The second-order valence-electron chi connectivity index (χ2n) is 5.29. The van der Waals surface area contributed by atoms with E-state index in [-0.39, 0.29) is 5.91 Å². The van der Waals surface area contributed by atoms with Crippen molar-refractivity contribution in [1.29, 1.82) is 0 Å². The third-order valence-corrected chi connectivity index (χ3v) is 3.65. The van der Waals surface area contributed by atoms with E-state index in [1.54, 1.807) is 7.11 Å². The van der Waals surface area contributed by atoms with Gasteiger partial charge in [-0.05, 0) is 43.0 Å². The zero-order chi connectivity index (χ0) is 14.4. The van der Waals surface area contributed by atoms with Gasteiger partial charge in [-0.15, -0.1) is 0 Å². The van der Waals surface area contributed by atoms with Gasteiger partial charge in [0.05, 0.1) is 0 Å². The average Bonchev–Trinajstić information content (AvgIpc) is 2.48. The molecule has 20 heavy (non-hydrogen) atoms. The predicted molar refractivity (Wildman–Crippen MR) is 79.5 cm³/mol. The maximum atomic E-state index is 12.3. The zero-order valence-electron chi connectivity index (χ0n) is 12.2. The van der Waals surface area contributed by atoms with Gasteiger partial charge in [-0.3, -0.25) is 4.79 Å². The molecule has 1 aromatic carbocycles. The quantitative estimate of drug-likeness (QED) is 0.774. The van der Waals surface area contributed by atoms with E-state index in [9.17, 15) is 4.79 Å². The summed E-state index contributed by atoms with van der Waals surface area (Å²) in [5.41, 5.74) is 1.66. The van der Waals surface area contributed by atoms with E-state index in [1.807, 2.05) is 29.2 Å². The lowest BCUT2D eigenvalue weighted by molar-refractivity contribution is 0.0697. The third-order valence-electron chi connectivity index (χ3n) is 3.65. The first kappa shape index (κ1) is 14.6. The molecule has 3 nitrogen and oxygen atoms in total. The highest BCUT2D eigenvalue weighted by Crippen LogP contribution is 2.18. The van der Waals surface area contributed by atoms with Gasteiger partial charge in [0.15, 0.2) is 0 Å². The lowest BCUT2D eigenvalue weighted by Crippen LogP contribution is -2.37. The van der Waals surface area contributed by atoms with Crippen LogP contribution in [-0.4, -0.2) is 37.6 Å². The van der Waals surface area contributed by atoms with Crippen molar-refractivity contribution in [3.8, 4) is 11.8 Å². The van der Waals surface area contributed by atoms with Crippen molar-refractivity contribution < 1.29 is 9.53 Å². The van der Waals surface area contributed by atoms with Crippen molar-refractivity contribution in [1.82, 2.24) is 4.90 Å². The molecule has 1 saturated heterocycles. The minimum absolute atomic E-state index is 0.133. The molecule has 0 saturated carbocycles. The summed E-state index contributed by atoms with van der Waals surface area (Å²) >= 11 is 0. The normalized spacial score (nSPS) is 15.6. The molecule has 0 radical (unpaired) electrons. The van der Waals surface area contributed by atoms with Crippen LogP contribution in [0.25, 0.3) is 0 Å². The summed E-state index contributed by atoms with van der Waals surface area (Å²) in [5, 5.41) is 0. The number of likely N-dealkylation sites (tertiary alicyclic amines) is 1. The molecule has 0 bridgehead atoms. The number of hydrogen-bond donors (Lipinski definition) is 0. The Morgan fingerprint density at radius 3 is 2.55 bits per heavy atom. The number of carbonyl (C=O) groups excluding carboxylic acids is 1. The Hall–Kier alpha value is -1.79. The Bertz CT molecular complexity index is 502. The van der Waals surface area contributed by atoms with Crippen LogP contribution in [0.2, 0.25) is 0 Å². The van der Waals surface area contributed by atoms with Crippen LogP contribution in [0.1, 0.15) is 35.7 Å². The van der Waals surface area contributed by atoms with Gasteiger partial charge in [0, 0.05) is 31.3 Å². The van der Waals surface area contributed by atoms with Crippen LogP contribution in [0.3, 0.4) is 0 Å². The van der Waals surface area contributed by atoms with E-state index >= 15 is 0 Å². The van der Waals surface area contributed by atoms with E-state index in [4.69, 9.17) is 4.74 Å². The van der Waals surface area contributed by atoms with Crippen molar-refractivity contribution in [3.05, 3.63) is 35.4 Å². The molecule has 0 atom stereocenters. The minimum atomic E-state index is 0.133. The van der Waals surface area contributed by atoms with Gasteiger partial charge in [-0.25, -0.2) is 0 Å². The van der Waals surface area contributed by atoms with Crippen LogP contribution in [-0.2, 0) is 4.74 Å². The number of methoxy groups -OCH3 is 1. The number of amides is 1. The molecule has 1 aliphatic heterocycles. The fourth-order valence-electron chi connectivity index (χ4n) is 2.30. The largest absolute Gasteiger partial charge is 0.372 e. The number of hydrogen-bond acceptors (Lipinski definition) is 2. The summed E-state index contributed by atoms with van der Waals surface area (Å²) in [7, 11) is 1.62. The number of piperidine rings is 1. The van der Waals surface area contributed by atoms with Crippen LogP contribution >= 0.6 is 0 Å². The molecule has 1 heterocycles. The van der Waals surface area contributed by atoms with Crippen LogP contribution in [0.5, 0.6) is 0 Å². The van der Waals surface area contributed by atoms with Crippen molar-refractivity contribution in [3.63, 3.8) is 0 Å². The fraction of sp³-hybridized carbons (Fsp3) is 0.471. The molecular weight excluding hydrogens is 250 g/mol. The predicted octanol–water partition coefficient (Wildman–Crippen LogP) is 2.56. The standard InChI is InChI=1S/C17H21NO2/c1-14-9-11-18(12-10-14)17(19)16-7-5-15(6-8-16)4-3-13-20-2/h5-8,14H,9-13H2,1-2H3. The summed E-state index contributed by atoms with van der Waals surface area (Å²) in [5.74, 6) is 6.76. The zero-order valence-corrected chi connectivity index (χ0v) is 12.2. The Morgan fingerprint density at radius 2 is 1.95 bits per heavy atom. The molecule has 1 fully saturated rings. The third kappa shape index (κ3) is 3.85. The smallest absolute Gasteiger partial charge is 0.253 e. The van der Waals surface area contributed by atoms with Crippen LogP contribution in [0, 0.1) is 17.8 Å². The van der Waals surface area contributed by atoms with Crippen molar-refractivity contribution >= 4 is 5.91 Å². The molecule has 1 aromatic rings. The molecule has 0 N–H and O–H groups in total. The number of rotatable bonds is 2. The van der Waals surface area contributed by atoms with Crippen molar-refractivity contribution in [2.45, 2.75) is 19.8 Å². The van der Waals surface area contributed by atoms with Gasteiger partial charge in [-0.1, -0.05) is 18.8 Å². The lowest BCUT2D eigenvalue weighted by atomic mass is 9.98. The van der Waals surface area contributed by atoms with Crippen molar-refractivity contribution in [2.24, 2.45) is 5.92 Å². The Kier molecular flexibility index (Phi) is 5.20.